The Morgan fingerprint density at radius 3 is 2.00 bits per heavy atom. The molecule has 0 radical (unpaired) electrons. The van der Waals surface area contributed by atoms with Crippen molar-refractivity contribution in [2.24, 2.45) is 0 Å². The zero-order chi connectivity index (χ0) is 18.1. The van der Waals surface area contributed by atoms with Crippen LogP contribution in [-0.2, 0) is 14.3 Å². The first kappa shape index (κ1) is 18.5. The van der Waals surface area contributed by atoms with Crippen molar-refractivity contribution >= 4 is 17.7 Å². The molecule has 5 heteroatoms. The number of anilines is 1. The van der Waals surface area contributed by atoms with Crippen LogP contribution in [0.5, 0.6) is 0 Å². The van der Waals surface area contributed by atoms with Gasteiger partial charge in [0.05, 0.1) is 25.7 Å². The number of rotatable bonds is 7. The number of esters is 1. The van der Waals surface area contributed by atoms with E-state index in [1.807, 2.05) is 60.7 Å². The average Bonchev–Trinajstić information content (AvgIpc) is 2.63. The van der Waals surface area contributed by atoms with Gasteiger partial charge in [-0.25, -0.2) is 4.79 Å². The Bertz CT molecular complexity index is 673. The van der Waals surface area contributed by atoms with Gasteiger partial charge in [0.15, 0.2) is 0 Å². The number of nitrogens with zero attached hydrogens (tertiary/aromatic N) is 1. The fourth-order valence-corrected chi connectivity index (χ4v) is 2.61. The summed E-state index contributed by atoms with van der Waals surface area (Å²) in [6, 6.07) is 18.1. The maximum atomic E-state index is 12.6. The van der Waals surface area contributed by atoms with Crippen molar-refractivity contribution in [3.63, 3.8) is 0 Å². The SMILES string of the molecule is CCOC(=O)CC(c1ccccc1)N(C(=O)OCC)c1ccccc1. The minimum absolute atomic E-state index is 0.0472. The smallest absolute Gasteiger partial charge is 0.414 e. The molecule has 0 N–H and O–H groups in total. The molecule has 1 amide bonds. The van der Waals surface area contributed by atoms with E-state index in [0.717, 1.165) is 5.56 Å². The van der Waals surface area contributed by atoms with Gasteiger partial charge in [-0.2, -0.15) is 0 Å². The lowest BCUT2D eigenvalue weighted by Crippen LogP contribution is -2.37. The Morgan fingerprint density at radius 1 is 0.880 bits per heavy atom. The lowest BCUT2D eigenvalue weighted by Gasteiger charge is -2.31. The second kappa shape index (κ2) is 9.47. The van der Waals surface area contributed by atoms with Crippen molar-refractivity contribution in [2.45, 2.75) is 26.3 Å². The summed E-state index contributed by atoms with van der Waals surface area (Å²) in [5, 5.41) is 0. The molecule has 0 aliphatic rings. The highest BCUT2D eigenvalue weighted by molar-refractivity contribution is 5.89. The monoisotopic (exact) mass is 341 g/mol. The molecule has 25 heavy (non-hydrogen) atoms. The summed E-state index contributed by atoms with van der Waals surface area (Å²) in [5.74, 6) is -0.360. The van der Waals surface area contributed by atoms with Crippen LogP contribution < -0.4 is 4.90 Å². The number of carbonyl (C=O) groups excluding carboxylic acids is 2. The average molecular weight is 341 g/mol. The largest absolute Gasteiger partial charge is 0.466 e. The van der Waals surface area contributed by atoms with Gasteiger partial charge in [-0.05, 0) is 31.5 Å². The minimum Gasteiger partial charge on any atom is -0.466 e. The number of hydrogen-bond donors (Lipinski definition) is 0. The predicted octanol–water partition coefficient (Wildman–Crippen LogP) is 4.34. The number of para-hydroxylation sites is 1. The molecule has 0 saturated heterocycles. The highest BCUT2D eigenvalue weighted by Gasteiger charge is 2.30. The van der Waals surface area contributed by atoms with Crippen LogP contribution in [0.15, 0.2) is 60.7 Å². The van der Waals surface area contributed by atoms with Gasteiger partial charge in [0, 0.05) is 5.69 Å². The molecule has 2 rings (SSSR count). The molecule has 0 aromatic heterocycles. The van der Waals surface area contributed by atoms with Crippen LogP contribution in [0.25, 0.3) is 0 Å². The number of hydrogen-bond acceptors (Lipinski definition) is 4. The van der Waals surface area contributed by atoms with Crippen LogP contribution in [0.3, 0.4) is 0 Å². The van der Waals surface area contributed by atoms with Crippen LogP contribution in [0.4, 0.5) is 10.5 Å². The molecular weight excluding hydrogens is 318 g/mol. The van der Waals surface area contributed by atoms with Gasteiger partial charge in [-0.15, -0.1) is 0 Å². The molecule has 1 unspecified atom stereocenters. The van der Waals surface area contributed by atoms with Crippen LogP contribution >= 0.6 is 0 Å². The maximum absolute atomic E-state index is 12.6. The van der Waals surface area contributed by atoms with E-state index in [0.29, 0.717) is 12.3 Å². The second-order valence-corrected chi connectivity index (χ2v) is 5.34. The van der Waals surface area contributed by atoms with Crippen molar-refractivity contribution in [1.82, 2.24) is 0 Å². The van der Waals surface area contributed by atoms with E-state index in [-0.39, 0.29) is 19.0 Å². The quantitative estimate of drug-likeness (QED) is 0.703. The van der Waals surface area contributed by atoms with Crippen molar-refractivity contribution in [1.29, 1.82) is 0 Å². The Morgan fingerprint density at radius 2 is 1.44 bits per heavy atom. The predicted molar refractivity (Wildman–Crippen MR) is 96.4 cm³/mol. The van der Waals surface area contributed by atoms with E-state index in [4.69, 9.17) is 9.47 Å². The third kappa shape index (κ3) is 5.08. The van der Waals surface area contributed by atoms with Crippen LogP contribution in [0.2, 0.25) is 0 Å². The van der Waals surface area contributed by atoms with E-state index in [2.05, 4.69) is 0 Å². The standard InChI is InChI=1S/C20H23NO4/c1-3-24-19(22)15-18(16-11-7-5-8-12-16)21(20(23)25-4-2)17-13-9-6-10-14-17/h5-14,18H,3-4,15H2,1-2H3. The van der Waals surface area contributed by atoms with Crippen molar-refractivity contribution in [3.8, 4) is 0 Å². The zero-order valence-corrected chi connectivity index (χ0v) is 14.6. The van der Waals surface area contributed by atoms with E-state index in [1.54, 1.807) is 13.8 Å². The van der Waals surface area contributed by atoms with Crippen molar-refractivity contribution in [2.75, 3.05) is 18.1 Å². The molecule has 5 nitrogen and oxygen atoms in total. The van der Waals surface area contributed by atoms with Gasteiger partial charge >= 0.3 is 12.1 Å². The molecule has 0 heterocycles. The minimum atomic E-state index is -0.512. The normalized spacial score (nSPS) is 11.4. The van der Waals surface area contributed by atoms with E-state index >= 15 is 0 Å². The molecule has 0 bridgehead atoms. The van der Waals surface area contributed by atoms with Crippen LogP contribution in [-0.4, -0.2) is 25.3 Å². The van der Waals surface area contributed by atoms with Gasteiger partial charge in [0.2, 0.25) is 0 Å². The topological polar surface area (TPSA) is 55.8 Å². The molecule has 2 aromatic rings. The van der Waals surface area contributed by atoms with Crippen LogP contribution in [0, 0.1) is 0 Å². The molecule has 1 atom stereocenters. The summed E-state index contributed by atoms with van der Waals surface area (Å²) in [6.45, 7) is 4.06. The van der Waals surface area contributed by atoms with Gasteiger partial charge in [-0.1, -0.05) is 48.5 Å². The summed E-state index contributed by atoms with van der Waals surface area (Å²) in [6.07, 6.45) is -0.446. The van der Waals surface area contributed by atoms with Gasteiger partial charge in [0.1, 0.15) is 0 Å². The highest BCUT2D eigenvalue weighted by Crippen LogP contribution is 2.31. The van der Waals surface area contributed by atoms with Gasteiger partial charge < -0.3 is 9.47 Å². The van der Waals surface area contributed by atoms with E-state index < -0.39 is 12.1 Å². The number of amides is 1. The van der Waals surface area contributed by atoms with Gasteiger partial charge in [0.25, 0.3) is 0 Å². The summed E-state index contributed by atoms with van der Waals surface area (Å²) in [4.78, 5) is 26.3. The molecule has 0 fully saturated rings. The third-order valence-corrected chi connectivity index (χ3v) is 3.66. The zero-order valence-electron chi connectivity index (χ0n) is 14.6. The first-order valence-electron chi connectivity index (χ1n) is 8.39. The molecule has 0 aliphatic carbocycles. The Kier molecular flexibility index (Phi) is 7.01. The van der Waals surface area contributed by atoms with Gasteiger partial charge in [-0.3, -0.25) is 9.69 Å². The third-order valence-electron chi connectivity index (χ3n) is 3.66. The summed E-state index contributed by atoms with van der Waals surface area (Å²) >= 11 is 0. The molecular formula is C20H23NO4. The molecule has 0 spiro atoms. The Hall–Kier alpha value is -2.82. The molecule has 0 aliphatic heterocycles. The fraction of sp³-hybridized carbons (Fsp3) is 0.300. The lowest BCUT2D eigenvalue weighted by atomic mass is 10.0. The summed E-state index contributed by atoms with van der Waals surface area (Å²) in [5.41, 5.74) is 1.51. The summed E-state index contributed by atoms with van der Waals surface area (Å²) < 4.78 is 10.3. The Balaban J connectivity index is 2.44. The van der Waals surface area contributed by atoms with E-state index in [1.165, 1.54) is 4.90 Å². The van der Waals surface area contributed by atoms with E-state index in [9.17, 15) is 9.59 Å². The lowest BCUT2D eigenvalue weighted by molar-refractivity contribution is -0.143. The number of ether oxygens (including phenoxy) is 2. The second-order valence-electron chi connectivity index (χ2n) is 5.34. The van der Waals surface area contributed by atoms with Crippen molar-refractivity contribution < 1.29 is 19.1 Å². The number of carbonyl (C=O) groups is 2. The highest BCUT2D eigenvalue weighted by atomic mass is 16.6. The number of benzene rings is 2. The molecule has 2 aromatic carbocycles. The first-order chi connectivity index (χ1) is 12.2. The first-order valence-corrected chi connectivity index (χ1v) is 8.39. The maximum Gasteiger partial charge on any atom is 0.414 e. The van der Waals surface area contributed by atoms with Crippen LogP contribution in [0.1, 0.15) is 31.9 Å². The summed E-state index contributed by atoms with van der Waals surface area (Å²) in [7, 11) is 0. The molecule has 0 saturated carbocycles. The fourth-order valence-electron chi connectivity index (χ4n) is 2.61. The Labute approximate surface area is 148 Å². The molecule has 132 valence electrons. The van der Waals surface area contributed by atoms with Crippen molar-refractivity contribution in [3.05, 3.63) is 66.2 Å².